The Morgan fingerprint density at radius 2 is 1.92 bits per heavy atom. The predicted molar refractivity (Wildman–Crippen MR) is 145 cm³/mol. The van der Waals surface area contributed by atoms with Gasteiger partial charge in [-0.3, -0.25) is 23.9 Å². The lowest BCUT2D eigenvalue weighted by Gasteiger charge is -2.22. The van der Waals surface area contributed by atoms with E-state index < -0.39 is 17.7 Å². The first-order chi connectivity index (χ1) is 18.9. The Morgan fingerprint density at radius 1 is 1.10 bits per heavy atom. The van der Waals surface area contributed by atoms with Crippen LogP contribution in [0.2, 0.25) is 0 Å². The minimum atomic E-state index is -0.977. The van der Waals surface area contributed by atoms with Crippen molar-refractivity contribution >= 4 is 51.3 Å². The first kappa shape index (κ1) is 24.9. The van der Waals surface area contributed by atoms with Gasteiger partial charge in [0.1, 0.15) is 17.2 Å². The number of anilines is 1. The molecule has 0 bridgehead atoms. The molecular weight excluding hydrogens is 539 g/mol. The van der Waals surface area contributed by atoms with E-state index in [9.17, 15) is 19.1 Å². The molecule has 0 radical (unpaired) electrons. The molecule has 12 heteroatoms. The van der Waals surface area contributed by atoms with Crippen molar-refractivity contribution in [3.8, 4) is 0 Å². The molecule has 1 aromatic carbocycles. The van der Waals surface area contributed by atoms with E-state index in [1.54, 1.807) is 66.3 Å². The molecule has 1 atom stereocenters. The van der Waals surface area contributed by atoms with E-state index in [1.807, 2.05) is 6.07 Å². The van der Waals surface area contributed by atoms with E-state index in [2.05, 4.69) is 20.2 Å². The average Bonchev–Trinajstić information content (AvgIpc) is 3.62. The third kappa shape index (κ3) is 4.47. The fraction of sp³-hybridized carbons (Fsp3) is 0.111. The van der Waals surface area contributed by atoms with E-state index in [0.717, 1.165) is 16.9 Å². The number of Topliss-reactive ketones (excluding diaryl/α,β-unsaturated/α-hetero) is 1. The number of halogens is 1. The Morgan fingerprint density at radius 3 is 2.69 bits per heavy atom. The van der Waals surface area contributed by atoms with Crippen LogP contribution in [0.15, 0.2) is 83.1 Å². The second-order valence-electron chi connectivity index (χ2n) is 8.70. The average molecular weight is 559 g/mol. The van der Waals surface area contributed by atoms with Crippen molar-refractivity contribution in [2.75, 3.05) is 4.90 Å². The lowest BCUT2D eigenvalue weighted by atomic mass is 9.97. The summed E-state index contributed by atoms with van der Waals surface area (Å²) in [5.41, 5.74) is 2.77. The summed E-state index contributed by atoms with van der Waals surface area (Å²) < 4.78 is 15.5. The van der Waals surface area contributed by atoms with Gasteiger partial charge in [0.25, 0.3) is 5.78 Å². The molecule has 5 aromatic rings. The number of carbonyl (C=O) groups is 2. The molecular formula is C27H19FN6O3S2. The van der Waals surface area contributed by atoms with Crippen LogP contribution in [-0.2, 0) is 15.3 Å². The van der Waals surface area contributed by atoms with Gasteiger partial charge in [-0.05, 0) is 48.4 Å². The maximum Gasteiger partial charge on any atom is 0.301 e. The molecule has 0 aliphatic carbocycles. The van der Waals surface area contributed by atoms with Gasteiger partial charge in [-0.25, -0.2) is 9.37 Å². The van der Waals surface area contributed by atoms with Gasteiger partial charge in [-0.2, -0.15) is 0 Å². The number of carbonyl (C=O) groups excluding carboxylic acids is 2. The van der Waals surface area contributed by atoms with Crippen LogP contribution in [-0.4, -0.2) is 41.4 Å². The summed E-state index contributed by atoms with van der Waals surface area (Å²) in [6.45, 7) is 1.73. The number of pyridine rings is 2. The van der Waals surface area contributed by atoms with Gasteiger partial charge in [-0.15, -0.1) is 10.2 Å². The third-order valence-corrected chi connectivity index (χ3v) is 8.38. The molecule has 9 nitrogen and oxygen atoms in total. The third-order valence-electron chi connectivity index (χ3n) is 6.25. The number of benzene rings is 1. The number of hydrogen-bond donors (Lipinski definition) is 1. The lowest BCUT2D eigenvalue weighted by molar-refractivity contribution is -0.132. The highest BCUT2D eigenvalue weighted by molar-refractivity contribution is 8.00. The number of hydrogen-bond acceptors (Lipinski definition) is 9. The normalized spacial score (nSPS) is 16.9. The minimum absolute atomic E-state index is 0.0857. The summed E-state index contributed by atoms with van der Waals surface area (Å²) in [6, 6.07) is 14.0. The van der Waals surface area contributed by atoms with Gasteiger partial charge in [-0.1, -0.05) is 47.4 Å². The highest BCUT2D eigenvalue weighted by Crippen LogP contribution is 2.44. The Labute approximate surface area is 229 Å². The number of aromatic nitrogens is 5. The van der Waals surface area contributed by atoms with Crippen LogP contribution < -0.4 is 4.90 Å². The van der Waals surface area contributed by atoms with Crippen LogP contribution in [0.1, 0.15) is 28.6 Å². The standard InChI is InChI=1S/C27H19FN6O3S2/c1-15-21(33-12-3-2-6-19(33)30-15)23(35)20-22(17-5-4-11-29-13-17)34(25(37)24(20)36)26-31-32-27(39-26)38-14-16-7-9-18(28)10-8-16/h2-13,22,35H,14H2,1H3/b23-20+. The summed E-state index contributed by atoms with van der Waals surface area (Å²) in [7, 11) is 0. The Bertz CT molecular complexity index is 1750. The van der Waals surface area contributed by atoms with Crippen molar-refractivity contribution < 1.29 is 19.1 Å². The second-order valence-corrected chi connectivity index (χ2v) is 10.9. The van der Waals surface area contributed by atoms with Gasteiger partial charge in [0, 0.05) is 24.3 Å². The highest BCUT2D eigenvalue weighted by Gasteiger charge is 2.49. The van der Waals surface area contributed by atoms with Crippen molar-refractivity contribution in [1.82, 2.24) is 24.6 Å². The first-order valence-electron chi connectivity index (χ1n) is 11.8. The molecule has 1 fully saturated rings. The highest BCUT2D eigenvalue weighted by atomic mass is 32.2. The summed E-state index contributed by atoms with van der Waals surface area (Å²) in [5.74, 6) is -1.80. The molecule has 1 unspecified atom stereocenters. The quantitative estimate of drug-likeness (QED) is 0.102. The molecule has 4 aromatic heterocycles. The fourth-order valence-electron chi connectivity index (χ4n) is 4.49. The van der Waals surface area contributed by atoms with E-state index in [4.69, 9.17) is 0 Å². The Kier molecular flexibility index (Phi) is 6.41. The van der Waals surface area contributed by atoms with Gasteiger partial charge >= 0.3 is 5.91 Å². The van der Waals surface area contributed by atoms with Crippen molar-refractivity contribution in [2.24, 2.45) is 0 Å². The Balaban J connectivity index is 1.42. The van der Waals surface area contributed by atoms with E-state index in [0.29, 0.717) is 32.7 Å². The number of aryl methyl sites for hydroxylation is 1. The molecule has 6 rings (SSSR count). The molecule has 5 heterocycles. The first-order valence-corrected chi connectivity index (χ1v) is 13.6. The topological polar surface area (TPSA) is 114 Å². The SMILES string of the molecule is Cc1nc2ccccn2c1/C(O)=C1\C(=O)C(=O)N(c2nnc(SCc3ccc(F)cc3)s2)C1c1cccnc1. The molecule has 1 amide bonds. The maximum atomic E-state index is 13.5. The predicted octanol–water partition coefficient (Wildman–Crippen LogP) is 4.95. The second kappa shape index (κ2) is 10.0. The van der Waals surface area contributed by atoms with Crippen LogP contribution in [0.5, 0.6) is 0 Å². The monoisotopic (exact) mass is 558 g/mol. The molecule has 1 N–H and O–H groups in total. The molecule has 1 aliphatic heterocycles. The summed E-state index contributed by atoms with van der Waals surface area (Å²) in [6.07, 6.45) is 4.86. The number of rotatable bonds is 6. The van der Waals surface area contributed by atoms with Crippen LogP contribution in [0.25, 0.3) is 11.4 Å². The summed E-state index contributed by atoms with van der Waals surface area (Å²) in [4.78, 5) is 36.8. The fourth-order valence-corrected chi connectivity index (χ4v) is 6.32. The van der Waals surface area contributed by atoms with Crippen molar-refractivity contribution in [2.45, 2.75) is 23.1 Å². The number of thioether (sulfide) groups is 1. The van der Waals surface area contributed by atoms with E-state index in [1.165, 1.54) is 28.8 Å². The number of aliphatic hydroxyl groups is 1. The van der Waals surface area contributed by atoms with Gasteiger partial charge < -0.3 is 5.11 Å². The summed E-state index contributed by atoms with van der Waals surface area (Å²) >= 11 is 2.53. The number of aliphatic hydroxyl groups excluding tert-OH is 1. The van der Waals surface area contributed by atoms with Crippen molar-refractivity contribution in [3.05, 3.63) is 107 Å². The zero-order valence-electron chi connectivity index (χ0n) is 20.4. The van der Waals surface area contributed by atoms with Gasteiger partial charge in [0.2, 0.25) is 5.13 Å². The molecule has 0 spiro atoms. The van der Waals surface area contributed by atoms with Crippen LogP contribution >= 0.6 is 23.1 Å². The van der Waals surface area contributed by atoms with Crippen LogP contribution in [0.4, 0.5) is 9.52 Å². The van der Waals surface area contributed by atoms with E-state index in [-0.39, 0.29) is 22.3 Å². The van der Waals surface area contributed by atoms with Crippen molar-refractivity contribution in [1.29, 1.82) is 0 Å². The van der Waals surface area contributed by atoms with Crippen LogP contribution in [0.3, 0.4) is 0 Å². The molecule has 39 heavy (non-hydrogen) atoms. The number of amides is 1. The van der Waals surface area contributed by atoms with Crippen molar-refractivity contribution in [3.63, 3.8) is 0 Å². The van der Waals surface area contributed by atoms with Gasteiger partial charge in [0.05, 0.1) is 17.3 Å². The molecule has 194 valence electrons. The smallest absolute Gasteiger partial charge is 0.301 e. The largest absolute Gasteiger partial charge is 0.505 e. The number of nitrogens with zero attached hydrogens (tertiary/aromatic N) is 6. The van der Waals surface area contributed by atoms with Gasteiger partial charge in [0.15, 0.2) is 10.1 Å². The lowest BCUT2D eigenvalue weighted by Crippen LogP contribution is -2.29. The summed E-state index contributed by atoms with van der Waals surface area (Å²) in [5, 5.41) is 20.2. The molecule has 0 saturated carbocycles. The zero-order valence-corrected chi connectivity index (χ0v) is 22.0. The van der Waals surface area contributed by atoms with E-state index >= 15 is 0 Å². The number of fused-ring (bicyclic) bond motifs is 1. The zero-order chi connectivity index (χ0) is 27.1. The molecule has 1 aliphatic rings. The number of ketones is 1. The minimum Gasteiger partial charge on any atom is -0.505 e. The number of imidazole rings is 1. The van der Waals surface area contributed by atoms with Crippen LogP contribution in [0, 0.1) is 12.7 Å². The maximum absolute atomic E-state index is 13.5. The Hall–Kier alpha value is -4.42. The molecule has 1 saturated heterocycles.